The van der Waals surface area contributed by atoms with E-state index in [-0.39, 0.29) is 18.5 Å². The van der Waals surface area contributed by atoms with Gasteiger partial charge in [-0.15, -0.1) is 0 Å². The number of hydrogen-bond donors (Lipinski definition) is 3. The minimum Gasteiger partial charge on any atom is -0.481 e. The topological polar surface area (TPSA) is 95.7 Å². The SMILES string of the molecule is Cc1ccn2cc(CNC(=O)NC(CCC(=O)O)Cc3ccccc3)nc2c1. The zero-order chi connectivity index (χ0) is 19.9. The summed E-state index contributed by atoms with van der Waals surface area (Å²) in [6.07, 6.45) is 4.76. The maximum absolute atomic E-state index is 12.3. The number of nitrogens with one attached hydrogen (secondary N) is 2. The fourth-order valence-corrected chi connectivity index (χ4v) is 3.05. The van der Waals surface area contributed by atoms with E-state index in [0.717, 1.165) is 22.5 Å². The largest absolute Gasteiger partial charge is 0.481 e. The number of carbonyl (C=O) groups excluding carboxylic acids is 1. The Morgan fingerprint density at radius 2 is 2.00 bits per heavy atom. The van der Waals surface area contributed by atoms with Crippen LogP contribution in [0.2, 0.25) is 0 Å². The molecule has 0 radical (unpaired) electrons. The molecule has 0 fully saturated rings. The maximum Gasteiger partial charge on any atom is 0.315 e. The van der Waals surface area contributed by atoms with Crippen LogP contribution in [0.4, 0.5) is 4.79 Å². The average molecular weight is 380 g/mol. The Balaban J connectivity index is 1.57. The summed E-state index contributed by atoms with van der Waals surface area (Å²) in [5.41, 5.74) is 3.76. The lowest BCUT2D eigenvalue weighted by molar-refractivity contribution is -0.137. The van der Waals surface area contributed by atoms with Gasteiger partial charge in [0.05, 0.1) is 12.2 Å². The van der Waals surface area contributed by atoms with Crippen LogP contribution in [0.25, 0.3) is 5.65 Å². The number of carboxylic acids is 1. The second-order valence-corrected chi connectivity index (χ2v) is 6.85. The second-order valence-electron chi connectivity index (χ2n) is 6.85. The quantitative estimate of drug-likeness (QED) is 0.560. The van der Waals surface area contributed by atoms with Gasteiger partial charge in [-0.05, 0) is 43.0 Å². The Hall–Kier alpha value is -3.35. The molecule has 0 bridgehead atoms. The van der Waals surface area contributed by atoms with E-state index in [4.69, 9.17) is 5.11 Å². The molecule has 0 aliphatic heterocycles. The molecule has 1 aromatic carbocycles. The minimum absolute atomic E-state index is 0.00354. The molecule has 7 nitrogen and oxygen atoms in total. The Kier molecular flexibility index (Phi) is 6.26. The molecular weight excluding hydrogens is 356 g/mol. The Morgan fingerprint density at radius 1 is 1.21 bits per heavy atom. The summed E-state index contributed by atoms with van der Waals surface area (Å²) in [5.74, 6) is -0.875. The summed E-state index contributed by atoms with van der Waals surface area (Å²) in [6, 6.07) is 13.1. The Labute approximate surface area is 163 Å². The van der Waals surface area contributed by atoms with Crippen LogP contribution in [-0.4, -0.2) is 32.5 Å². The number of amides is 2. The number of fused-ring (bicyclic) bond motifs is 1. The molecule has 3 aromatic rings. The number of nitrogens with zero attached hydrogens (tertiary/aromatic N) is 2. The molecule has 2 heterocycles. The molecule has 3 N–H and O–H groups in total. The zero-order valence-electron chi connectivity index (χ0n) is 15.8. The highest BCUT2D eigenvalue weighted by atomic mass is 16.4. The predicted octanol–water partition coefficient (Wildman–Crippen LogP) is 2.92. The molecule has 0 saturated carbocycles. The van der Waals surface area contributed by atoms with E-state index >= 15 is 0 Å². The first-order valence-corrected chi connectivity index (χ1v) is 9.24. The normalized spacial score (nSPS) is 11.9. The van der Waals surface area contributed by atoms with Crippen molar-refractivity contribution in [3.05, 3.63) is 71.7 Å². The van der Waals surface area contributed by atoms with Gasteiger partial charge in [-0.1, -0.05) is 30.3 Å². The lowest BCUT2D eigenvalue weighted by Crippen LogP contribution is -2.43. The number of carboxylic acid groups (broad SMARTS) is 1. The van der Waals surface area contributed by atoms with Gasteiger partial charge in [-0.2, -0.15) is 0 Å². The first-order chi connectivity index (χ1) is 13.5. The van der Waals surface area contributed by atoms with Crippen molar-refractivity contribution >= 4 is 17.6 Å². The number of urea groups is 1. The molecule has 3 rings (SSSR count). The highest BCUT2D eigenvalue weighted by Crippen LogP contribution is 2.09. The number of aryl methyl sites for hydroxylation is 1. The van der Waals surface area contributed by atoms with Crippen LogP contribution in [0.1, 0.15) is 29.7 Å². The van der Waals surface area contributed by atoms with Crippen molar-refractivity contribution in [2.75, 3.05) is 0 Å². The monoisotopic (exact) mass is 380 g/mol. The van der Waals surface area contributed by atoms with E-state index in [1.807, 2.05) is 66.2 Å². The fourth-order valence-electron chi connectivity index (χ4n) is 3.05. The first-order valence-electron chi connectivity index (χ1n) is 9.24. The van der Waals surface area contributed by atoms with Gasteiger partial charge in [0.1, 0.15) is 5.65 Å². The predicted molar refractivity (Wildman–Crippen MR) is 106 cm³/mol. The van der Waals surface area contributed by atoms with Crippen molar-refractivity contribution in [2.45, 2.75) is 38.8 Å². The summed E-state index contributed by atoms with van der Waals surface area (Å²) in [5, 5.41) is 14.7. The smallest absolute Gasteiger partial charge is 0.315 e. The van der Waals surface area contributed by atoms with E-state index in [2.05, 4.69) is 15.6 Å². The van der Waals surface area contributed by atoms with E-state index in [0.29, 0.717) is 19.4 Å². The van der Waals surface area contributed by atoms with Crippen molar-refractivity contribution in [1.29, 1.82) is 0 Å². The Bertz CT molecular complexity index is 953. The molecular formula is C21H24N4O3. The number of carbonyl (C=O) groups is 2. The van der Waals surface area contributed by atoms with Crippen molar-refractivity contribution in [3.8, 4) is 0 Å². The van der Waals surface area contributed by atoms with E-state index in [9.17, 15) is 9.59 Å². The van der Waals surface area contributed by atoms with Crippen LogP contribution < -0.4 is 10.6 Å². The first kappa shape index (κ1) is 19.4. The van der Waals surface area contributed by atoms with Crippen LogP contribution in [0.15, 0.2) is 54.9 Å². The number of benzene rings is 1. The molecule has 0 spiro atoms. The van der Waals surface area contributed by atoms with E-state index < -0.39 is 5.97 Å². The van der Waals surface area contributed by atoms with E-state index in [1.54, 1.807) is 0 Å². The summed E-state index contributed by atoms with van der Waals surface area (Å²) in [7, 11) is 0. The van der Waals surface area contributed by atoms with Gasteiger partial charge in [0.15, 0.2) is 0 Å². The van der Waals surface area contributed by atoms with Crippen LogP contribution in [0, 0.1) is 6.92 Å². The molecule has 0 aliphatic rings. The average Bonchev–Trinajstić information content (AvgIpc) is 3.07. The van der Waals surface area contributed by atoms with Crippen LogP contribution >= 0.6 is 0 Å². The van der Waals surface area contributed by atoms with Gasteiger partial charge in [-0.25, -0.2) is 9.78 Å². The van der Waals surface area contributed by atoms with Crippen LogP contribution in [0.3, 0.4) is 0 Å². The maximum atomic E-state index is 12.3. The molecule has 2 amide bonds. The van der Waals surface area contributed by atoms with Crippen molar-refractivity contribution in [1.82, 2.24) is 20.0 Å². The molecule has 7 heteroatoms. The number of aromatic nitrogens is 2. The number of rotatable bonds is 8. The third-order valence-electron chi connectivity index (χ3n) is 4.46. The zero-order valence-corrected chi connectivity index (χ0v) is 15.8. The van der Waals surface area contributed by atoms with Crippen LogP contribution in [0.5, 0.6) is 0 Å². The molecule has 0 saturated heterocycles. The third kappa shape index (κ3) is 5.57. The van der Waals surface area contributed by atoms with E-state index in [1.165, 1.54) is 0 Å². The summed E-state index contributed by atoms with van der Waals surface area (Å²) < 4.78 is 1.91. The van der Waals surface area contributed by atoms with Crippen molar-refractivity contribution in [2.24, 2.45) is 0 Å². The lowest BCUT2D eigenvalue weighted by atomic mass is 10.0. The summed E-state index contributed by atoms with van der Waals surface area (Å²) in [4.78, 5) is 27.7. The third-order valence-corrected chi connectivity index (χ3v) is 4.46. The lowest BCUT2D eigenvalue weighted by Gasteiger charge is -2.18. The number of aliphatic carboxylic acids is 1. The second kappa shape index (κ2) is 9.03. The molecule has 2 aromatic heterocycles. The fraction of sp³-hybridized carbons (Fsp3) is 0.286. The van der Waals surface area contributed by atoms with Gasteiger partial charge in [0.2, 0.25) is 0 Å². The van der Waals surface area contributed by atoms with Crippen molar-refractivity contribution < 1.29 is 14.7 Å². The minimum atomic E-state index is -0.875. The van der Waals surface area contributed by atoms with Gasteiger partial charge in [0, 0.05) is 24.9 Å². The van der Waals surface area contributed by atoms with Gasteiger partial charge < -0.3 is 20.1 Å². The molecule has 146 valence electrons. The molecule has 1 unspecified atom stereocenters. The van der Waals surface area contributed by atoms with Crippen LogP contribution in [-0.2, 0) is 17.8 Å². The highest BCUT2D eigenvalue weighted by molar-refractivity contribution is 5.74. The summed E-state index contributed by atoms with van der Waals surface area (Å²) in [6.45, 7) is 2.30. The summed E-state index contributed by atoms with van der Waals surface area (Å²) >= 11 is 0. The highest BCUT2D eigenvalue weighted by Gasteiger charge is 2.15. The molecule has 1 atom stereocenters. The van der Waals surface area contributed by atoms with Gasteiger partial charge >= 0.3 is 12.0 Å². The molecule has 0 aliphatic carbocycles. The number of imidazole rings is 1. The van der Waals surface area contributed by atoms with Gasteiger partial charge in [0.25, 0.3) is 0 Å². The Morgan fingerprint density at radius 3 is 2.75 bits per heavy atom. The van der Waals surface area contributed by atoms with Gasteiger partial charge in [-0.3, -0.25) is 4.79 Å². The standard InChI is InChI=1S/C21H24N4O3/c1-15-9-10-25-14-18(23-19(25)11-15)13-22-21(28)24-17(7-8-20(26)27)12-16-5-3-2-4-6-16/h2-6,9-11,14,17H,7-8,12-13H2,1H3,(H,26,27)(H2,22,24,28). The molecule has 28 heavy (non-hydrogen) atoms. The number of hydrogen-bond acceptors (Lipinski definition) is 3. The number of pyridine rings is 1. The van der Waals surface area contributed by atoms with Crippen molar-refractivity contribution in [3.63, 3.8) is 0 Å².